The molecule has 0 spiro atoms. The van der Waals surface area contributed by atoms with E-state index in [4.69, 9.17) is 0 Å². The molecule has 0 amide bonds. The summed E-state index contributed by atoms with van der Waals surface area (Å²) >= 11 is 0. The van der Waals surface area contributed by atoms with E-state index in [-0.39, 0.29) is 6.04 Å². The summed E-state index contributed by atoms with van der Waals surface area (Å²) < 4.78 is 38.8. The fraction of sp³-hybridized carbons (Fsp3) is 0.391. The molecule has 2 N–H and O–H groups in total. The zero-order valence-electron chi connectivity index (χ0n) is 16.7. The van der Waals surface area contributed by atoms with E-state index >= 15 is 0 Å². The zero-order valence-corrected chi connectivity index (χ0v) is 16.7. The van der Waals surface area contributed by atoms with Gasteiger partial charge in [-0.2, -0.15) is 13.2 Å². The quantitative estimate of drug-likeness (QED) is 0.650. The minimum atomic E-state index is -4.28. The largest absolute Gasteiger partial charge is 0.416 e. The molecule has 2 aliphatic heterocycles. The molecule has 0 aliphatic carbocycles. The molecule has 2 aromatic carbocycles. The summed E-state index contributed by atoms with van der Waals surface area (Å²) in [6.45, 7) is 4.84. The molecule has 30 heavy (non-hydrogen) atoms. The molecule has 2 aliphatic rings. The number of benzene rings is 2. The summed E-state index contributed by atoms with van der Waals surface area (Å²) in [7, 11) is 0. The number of aromatic amines is 1. The summed E-state index contributed by atoms with van der Waals surface area (Å²) in [4.78, 5) is 8.17. The number of nitrogens with zero attached hydrogens (tertiary/aromatic N) is 2. The highest BCUT2D eigenvalue weighted by Gasteiger charge is 2.32. The first kappa shape index (κ1) is 19.3. The number of aromatic nitrogens is 1. The predicted molar refractivity (Wildman–Crippen MR) is 114 cm³/mol. The molecule has 5 rings (SSSR count). The van der Waals surface area contributed by atoms with Gasteiger partial charge in [0, 0.05) is 67.2 Å². The van der Waals surface area contributed by atoms with Crippen molar-refractivity contribution in [1.29, 1.82) is 0 Å². The summed E-state index contributed by atoms with van der Waals surface area (Å²) in [5, 5.41) is 4.72. The van der Waals surface area contributed by atoms with Gasteiger partial charge in [-0.3, -0.25) is 4.90 Å². The molecular formula is C23H25F3N4. The maximum Gasteiger partial charge on any atom is 0.416 e. The number of anilines is 2. The molecule has 1 fully saturated rings. The van der Waals surface area contributed by atoms with Gasteiger partial charge in [-0.1, -0.05) is 6.07 Å². The maximum atomic E-state index is 12.9. The first-order valence-electron chi connectivity index (χ1n) is 10.5. The van der Waals surface area contributed by atoms with Crippen LogP contribution in [0.4, 0.5) is 24.5 Å². The van der Waals surface area contributed by atoms with Crippen LogP contribution in [0.25, 0.3) is 10.9 Å². The average Bonchev–Trinajstić information content (AvgIpc) is 3.22. The van der Waals surface area contributed by atoms with Crippen LogP contribution in [0, 0.1) is 0 Å². The third-order valence-corrected chi connectivity index (χ3v) is 6.32. The Kier molecular flexibility index (Phi) is 4.85. The van der Waals surface area contributed by atoms with Crippen molar-refractivity contribution in [2.45, 2.75) is 25.1 Å². The molecule has 1 unspecified atom stereocenters. The number of halogens is 3. The third kappa shape index (κ3) is 3.74. The average molecular weight is 414 g/mol. The highest BCUT2D eigenvalue weighted by atomic mass is 19.4. The minimum absolute atomic E-state index is 0.272. The molecule has 3 heterocycles. The number of fused-ring (bicyclic) bond motifs is 2. The lowest BCUT2D eigenvalue weighted by atomic mass is 9.95. The highest BCUT2D eigenvalue weighted by Crippen LogP contribution is 2.34. The molecule has 1 atom stereocenters. The van der Waals surface area contributed by atoms with Gasteiger partial charge in [-0.25, -0.2) is 0 Å². The summed E-state index contributed by atoms with van der Waals surface area (Å²) in [5.74, 6) is 0. The maximum absolute atomic E-state index is 12.9. The second kappa shape index (κ2) is 7.54. The summed E-state index contributed by atoms with van der Waals surface area (Å²) in [5.41, 5.74) is 3.49. The van der Waals surface area contributed by atoms with Gasteiger partial charge >= 0.3 is 6.18 Å². The molecular weight excluding hydrogens is 389 g/mol. The van der Waals surface area contributed by atoms with Crippen molar-refractivity contribution >= 4 is 22.3 Å². The van der Waals surface area contributed by atoms with E-state index in [0.717, 1.165) is 55.9 Å². The van der Waals surface area contributed by atoms with Crippen LogP contribution in [-0.4, -0.2) is 48.6 Å². The van der Waals surface area contributed by atoms with Crippen LogP contribution < -0.4 is 10.2 Å². The Balaban J connectivity index is 1.19. The Morgan fingerprint density at radius 2 is 1.83 bits per heavy atom. The second-order valence-electron chi connectivity index (χ2n) is 8.25. The lowest BCUT2D eigenvalue weighted by molar-refractivity contribution is -0.137. The van der Waals surface area contributed by atoms with E-state index in [0.29, 0.717) is 6.42 Å². The summed E-state index contributed by atoms with van der Waals surface area (Å²) in [6.07, 6.45) is -0.755. The van der Waals surface area contributed by atoms with Gasteiger partial charge in [-0.05, 0) is 54.8 Å². The Morgan fingerprint density at radius 3 is 2.63 bits per heavy atom. The number of piperazine rings is 1. The number of H-pyrrole nitrogens is 1. The SMILES string of the molecule is FC(F)(F)c1ccc2c(c1)CCC(CN1CCN(c3cccc4[nH]ccc34)CC1)N2. The van der Waals surface area contributed by atoms with Crippen LogP contribution in [0.5, 0.6) is 0 Å². The number of nitrogens with one attached hydrogen (secondary N) is 2. The van der Waals surface area contributed by atoms with Gasteiger partial charge in [0.05, 0.1) is 5.56 Å². The monoisotopic (exact) mass is 414 g/mol. The first-order chi connectivity index (χ1) is 14.5. The van der Waals surface area contributed by atoms with E-state index in [2.05, 4.69) is 44.4 Å². The lowest BCUT2D eigenvalue weighted by Crippen LogP contribution is -2.50. The van der Waals surface area contributed by atoms with Gasteiger partial charge in [0.25, 0.3) is 0 Å². The van der Waals surface area contributed by atoms with Gasteiger partial charge in [0.1, 0.15) is 0 Å². The number of hydrogen-bond donors (Lipinski definition) is 2. The topological polar surface area (TPSA) is 34.3 Å². The Morgan fingerprint density at radius 1 is 1.00 bits per heavy atom. The van der Waals surface area contributed by atoms with Crippen molar-refractivity contribution < 1.29 is 13.2 Å². The first-order valence-corrected chi connectivity index (χ1v) is 10.5. The van der Waals surface area contributed by atoms with Crippen LogP contribution in [0.3, 0.4) is 0 Å². The van der Waals surface area contributed by atoms with E-state index in [1.165, 1.54) is 23.2 Å². The molecule has 1 saturated heterocycles. The smallest absolute Gasteiger partial charge is 0.381 e. The van der Waals surface area contributed by atoms with Crippen molar-refractivity contribution in [2.24, 2.45) is 0 Å². The molecule has 158 valence electrons. The molecule has 4 nitrogen and oxygen atoms in total. The van der Waals surface area contributed by atoms with Gasteiger partial charge in [0.2, 0.25) is 0 Å². The normalized spacial score (nSPS) is 20.2. The summed E-state index contributed by atoms with van der Waals surface area (Å²) in [6, 6.07) is 12.8. The molecule has 0 saturated carbocycles. The Labute approximate surface area is 173 Å². The van der Waals surface area contributed by atoms with Gasteiger partial charge < -0.3 is 15.2 Å². The number of rotatable bonds is 3. The highest BCUT2D eigenvalue weighted by molar-refractivity contribution is 5.92. The molecule has 3 aromatic rings. The van der Waals surface area contributed by atoms with Crippen molar-refractivity contribution in [1.82, 2.24) is 9.88 Å². The third-order valence-electron chi connectivity index (χ3n) is 6.32. The van der Waals surface area contributed by atoms with Gasteiger partial charge in [0.15, 0.2) is 0 Å². The van der Waals surface area contributed by atoms with Crippen LogP contribution in [0.1, 0.15) is 17.5 Å². The predicted octanol–water partition coefficient (Wildman–Crippen LogP) is 4.74. The van der Waals surface area contributed by atoms with Crippen LogP contribution >= 0.6 is 0 Å². The Bertz CT molecular complexity index is 1030. The fourth-order valence-electron chi connectivity index (χ4n) is 4.70. The molecule has 0 radical (unpaired) electrons. The second-order valence-corrected chi connectivity index (χ2v) is 8.25. The zero-order chi connectivity index (χ0) is 20.7. The van der Waals surface area contributed by atoms with Crippen molar-refractivity contribution in [2.75, 3.05) is 42.9 Å². The lowest BCUT2D eigenvalue weighted by Gasteiger charge is -2.39. The van der Waals surface area contributed by atoms with Crippen LogP contribution in [-0.2, 0) is 12.6 Å². The van der Waals surface area contributed by atoms with Crippen LogP contribution in [0.2, 0.25) is 0 Å². The van der Waals surface area contributed by atoms with Crippen molar-refractivity contribution in [3.05, 3.63) is 59.8 Å². The number of aryl methyl sites for hydroxylation is 1. The van der Waals surface area contributed by atoms with Crippen molar-refractivity contribution in [3.8, 4) is 0 Å². The standard InChI is InChI=1S/C23H25F3N4/c24-23(25,26)17-5-7-20-16(14-17)4-6-18(28-20)15-29-10-12-30(13-11-29)22-3-1-2-21-19(22)8-9-27-21/h1-3,5,7-9,14,18,27-28H,4,6,10-13,15H2. The van der Waals surface area contributed by atoms with E-state index < -0.39 is 11.7 Å². The van der Waals surface area contributed by atoms with Crippen molar-refractivity contribution in [3.63, 3.8) is 0 Å². The van der Waals surface area contributed by atoms with E-state index in [1.54, 1.807) is 6.07 Å². The number of hydrogen-bond acceptors (Lipinski definition) is 3. The van der Waals surface area contributed by atoms with E-state index in [1.807, 2.05) is 6.20 Å². The van der Waals surface area contributed by atoms with Crippen LogP contribution in [0.15, 0.2) is 48.7 Å². The minimum Gasteiger partial charge on any atom is -0.381 e. The number of alkyl halides is 3. The molecule has 7 heteroatoms. The van der Waals surface area contributed by atoms with E-state index in [9.17, 15) is 13.2 Å². The molecule has 0 bridgehead atoms. The van der Waals surface area contributed by atoms with Gasteiger partial charge in [-0.15, -0.1) is 0 Å². The molecule has 1 aromatic heterocycles. The Hall–Kier alpha value is -2.67. The fourth-order valence-corrected chi connectivity index (χ4v) is 4.70.